The number of nitrogens with zero attached hydrogens (tertiary/aromatic N) is 4. The molecule has 4 rings (SSSR count). The van der Waals surface area contributed by atoms with E-state index in [2.05, 4.69) is 15.3 Å². The SMILES string of the molecule is C[C@H]1c2nc(C(=O)NCc3ccccn3)cn2CCN1C(=O)CC1CC1. The fourth-order valence-electron chi connectivity index (χ4n) is 3.39. The van der Waals surface area contributed by atoms with Gasteiger partial charge < -0.3 is 14.8 Å². The Kier molecular flexibility index (Phi) is 4.44. The zero-order valence-electron chi connectivity index (χ0n) is 14.9. The Balaban J connectivity index is 1.42. The number of pyridine rings is 1. The van der Waals surface area contributed by atoms with Crippen molar-refractivity contribution in [2.75, 3.05) is 6.54 Å². The van der Waals surface area contributed by atoms with Crippen molar-refractivity contribution >= 4 is 11.8 Å². The van der Waals surface area contributed by atoms with Gasteiger partial charge in [0.2, 0.25) is 5.91 Å². The summed E-state index contributed by atoms with van der Waals surface area (Å²) < 4.78 is 1.99. The highest BCUT2D eigenvalue weighted by Crippen LogP contribution is 2.34. The second-order valence-corrected chi connectivity index (χ2v) is 7.09. The van der Waals surface area contributed by atoms with Crippen LogP contribution in [0.5, 0.6) is 0 Å². The van der Waals surface area contributed by atoms with E-state index in [1.165, 1.54) is 12.8 Å². The third-order valence-electron chi connectivity index (χ3n) is 5.10. The molecular formula is C19H23N5O2. The monoisotopic (exact) mass is 353 g/mol. The molecule has 0 unspecified atom stereocenters. The van der Waals surface area contributed by atoms with Crippen molar-refractivity contribution in [1.29, 1.82) is 0 Å². The predicted molar refractivity (Wildman–Crippen MR) is 95.1 cm³/mol. The highest BCUT2D eigenvalue weighted by Gasteiger charge is 2.33. The first-order valence-electron chi connectivity index (χ1n) is 9.16. The minimum absolute atomic E-state index is 0.104. The minimum Gasteiger partial charge on any atom is -0.345 e. The van der Waals surface area contributed by atoms with Crippen LogP contribution in [-0.4, -0.2) is 37.8 Å². The van der Waals surface area contributed by atoms with E-state index in [-0.39, 0.29) is 17.9 Å². The van der Waals surface area contributed by atoms with Crippen LogP contribution in [0, 0.1) is 5.92 Å². The number of hydrogen-bond acceptors (Lipinski definition) is 4. The summed E-state index contributed by atoms with van der Waals surface area (Å²) in [5.41, 5.74) is 1.19. The molecule has 2 aromatic heterocycles. The lowest BCUT2D eigenvalue weighted by Gasteiger charge is -2.33. The van der Waals surface area contributed by atoms with Crippen LogP contribution in [0.1, 0.15) is 54.2 Å². The van der Waals surface area contributed by atoms with Gasteiger partial charge in [0.05, 0.1) is 18.3 Å². The van der Waals surface area contributed by atoms with Crippen LogP contribution in [0.3, 0.4) is 0 Å². The molecule has 1 N–H and O–H groups in total. The van der Waals surface area contributed by atoms with E-state index in [0.717, 1.165) is 11.5 Å². The lowest BCUT2D eigenvalue weighted by molar-refractivity contribution is -0.134. The molecular weight excluding hydrogens is 330 g/mol. The molecule has 0 aromatic carbocycles. The largest absolute Gasteiger partial charge is 0.345 e. The molecule has 1 aliphatic heterocycles. The first kappa shape index (κ1) is 16.8. The van der Waals surface area contributed by atoms with Gasteiger partial charge in [-0.25, -0.2) is 4.98 Å². The molecule has 3 heterocycles. The van der Waals surface area contributed by atoms with Gasteiger partial charge in [0.15, 0.2) is 0 Å². The van der Waals surface area contributed by atoms with Gasteiger partial charge in [-0.05, 0) is 37.8 Å². The lowest BCUT2D eigenvalue weighted by atomic mass is 10.1. The first-order valence-corrected chi connectivity index (χ1v) is 9.16. The van der Waals surface area contributed by atoms with Crippen LogP contribution >= 0.6 is 0 Å². The Hall–Kier alpha value is -2.70. The van der Waals surface area contributed by atoms with Crippen LogP contribution in [0.25, 0.3) is 0 Å². The molecule has 26 heavy (non-hydrogen) atoms. The smallest absolute Gasteiger partial charge is 0.271 e. The number of aromatic nitrogens is 3. The van der Waals surface area contributed by atoms with E-state index in [9.17, 15) is 9.59 Å². The second kappa shape index (κ2) is 6.90. The number of carbonyl (C=O) groups excluding carboxylic acids is 2. The average molecular weight is 353 g/mol. The summed E-state index contributed by atoms with van der Waals surface area (Å²) in [4.78, 5) is 35.5. The van der Waals surface area contributed by atoms with Crippen molar-refractivity contribution in [2.45, 2.75) is 45.3 Å². The number of imidazole rings is 1. The highest BCUT2D eigenvalue weighted by atomic mass is 16.2. The van der Waals surface area contributed by atoms with E-state index in [0.29, 0.717) is 37.7 Å². The first-order chi connectivity index (χ1) is 12.6. The number of nitrogens with one attached hydrogen (secondary N) is 1. The number of carbonyl (C=O) groups is 2. The summed E-state index contributed by atoms with van der Waals surface area (Å²) in [6.45, 7) is 3.70. The van der Waals surface area contributed by atoms with Crippen molar-refractivity contribution in [2.24, 2.45) is 5.92 Å². The van der Waals surface area contributed by atoms with Gasteiger partial charge in [0.1, 0.15) is 11.5 Å². The molecule has 7 nitrogen and oxygen atoms in total. The topological polar surface area (TPSA) is 80.1 Å². The summed E-state index contributed by atoms with van der Waals surface area (Å²) in [5.74, 6) is 1.34. The normalized spacial score (nSPS) is 19.1. The molecule has 2 amide bonds. The number of rotatable bonds is 5. The summed E-state index contributed by atoms with van der Waals surface area (Å²) in [6, 6.07) is 5.49. The number of hydrogen-bond donors (Lipinski definition) is 1. The molecule has 1 aliphatic carbocycles. The molecule has 2 aliphatic rings. The van der Waals surface area contributed by atoms with Crippen molar-refractivity contribution in [1.82, 2.24) is 24.8 Å². The van der Waals surface area contributed by atoms with Gasteiger partial charge >= 0.3 is 0 Å². The van der Waals surface area contributed by atoms with Crippen LogP contribution < -0.4 is 5.32 Å². The summed E-state index contributed by atoms with van der Waals surface area (Å²) in [7, 11) is 0. The molecule has 0 bridgehead atoms. The van der Waals surface area contributed by atoms with Crippen molar-refractivity contribution in [3.63, 3.8) is 0 Å². The Morgan fingerprint density at radius 2 is 2.12 bits per heavy atom. The molecule has 136 valence electrons. The molecule has 0 saturated heterocycles. The summed E-state index contributed by atoms with van der Waals surface area (Å²) >= 11 is 0. The zero-order chi connectivity index (χ0) is 18.1. The maximum Gasteiger partial charge on any atom is 0.271 e. The second-order valence-electron chi connectivity index (χ2n) is 7.09. The highest BCUT2D eigenvalue weighted by molar-refractivity contribution is 5.92. The zero-order valence-corrected chi connectivity index (χ0v) is 14.9. The Labute approximate surface area is 152 Å². The maximum atomic E-state index is 12.5. The van der Waals surface area contributed by atoms with E-state index >= 15 is 0 Å². The predicted octanol–water partition coefficient (Wildman–Crippen LogP) is 1.91. The molecule has 0 spiro atoms. The lowest BCUT2D eigenvalue weighted by Crippen LogP contribution is -2.41. The fraction of sp³-hybridized carbons (Fsp3) is 0.474. The number of amides is 2. The standard InChI is InChI=1S/C19H23N5O2/c1-13-18-22-16(19(26)21-11-15-4-2-3-7-20-15)12-23(18)8-9-24(13)17(25)10-14-5-6-14/h2-4,7,12-14H,5-6,8-11H2,1H3,(H,21,26)/t13-/m0/s1. The summed E-state index contributed by atoms with van der Waals surface area (Å²) in [5, 5.41) is 2.85. The van der Waals surface area contributed by atoms with E-state index in [4.69, 9.17) is 0 Å². The van der Waals surface area contributed by atoms with E-state index in [1.54, 1.807) is 12.4 Å². The van der Waals surface area contributed by atoms with Gasteiger partial charge in [-0.2, -0.15) is 0 Å². The third kappa shape index (κ3) is 3.47. The Morgan fingerprint density at radius 3 is 2.85 bits per heavy atom. The molecule has 0 radical (unpaired) electrons. The average Bonchev–Trinajstić information content (AvgIpc) is 3.35. The Bertz CT molecular complexity index is 813. The van der Waals surface area contributed by atoms with Crippen LogP contribution in [0.15, 0.2) is 30.6 Å². The summed E-state index contributed by atoms with van der Waals surface area (Å²) in [6.07, 6.45) is 6.46. The molecule has 1 saturated carbocycles. The molecule has 7 heteroatoms. The van der Waals surface area contributed by atoms with Crippen LogP contribution in [0.2, 0.25) is 0 Å². The van der Waals surface area contributed by atoms with E-state index in [1.807, 2.05) is 34.6 Å². The quantitative estimate of drug-likeness (QED) is 0.890. The van der Waals surface area contributed by atoms with Crippen molar-refractivity contribution in [3.8, 4) is 0 Å². The van der Waals surface area contributed by atoms with Crippen molar-refractivity contribution < 1.29 is 9.59 Å². The van der Waals surface area contributed by atoms with Crippen LogP contribution in [-0.2, 0) is 17.9 Å². The van der Waals surface area contributed by atoms with Crippen molar-refractivity contribution in [3.05, 3.63) is 47.8 Å². The van der Waals surface area contributed by atoms with Gasteiger partial charge in [0.25, 0.3) is 5.91 Å². The van der Waals surface area contributed by atoms with Gasteiger partial charge in [-0.15, -0.1) is 0 Å². The van der Waals surface area contributed by atoms with E-state index < -0.39 is 0 Å². The number of fused-ring (bicyclic) bond motifs is 1. The molecule has 1 atom stereocenters. The molecule has 2 aromatic rings. The van der Waals surface area contributed by atoms with Crippen LogP contribution in [0.4, 0.5) is 0 Å². The third-order valence-corrected chi connectivity index (χ3v) is 5.10. The Morgan fingerprint density at radius 1 is 1.27 bits per heavy atom. The minimum atomic E-state index is -0.222. The van der Waals surface area contributed by atoms with Gasteiger partial charge in [-0.1, -0.05) is 6.07 Å². The van der Waals surface area contributed by atoms with Gasteiger partial charge in [-0.3, -0.25) is 14.6 Å². The fourth-order valence-corrected chi connectivity index (χ4v) is 3.39. The molecule has 1 fully saturated rings. The maximum absolute atomic E-state index is 12.5. The van der Waals surface area contributed by atoms with Gasteiger partial charge in [0, 0.05) is 31.9 Å².